The molecule has 2 atom stereocenters. The molecule has 0 radical (unpaired) electrons. The van der Waals surface area contributed by atoms with Crippen molar-refractivity contribution in [2.75, 3.05) is 0 Å². The zero-order valence-electron chi connectivity index (χ0n) is 4.63. The third kappa shape index (κ3) is 0.253. The van der Waals surface area contributed by atoms with Crippen LogP contribution in [-0.4, -0.2) is 6.29 Å². The minimum Gasteiger partial charge on any atom is -0.302 e. The van der Waals surface area contributed by atoms with Crippen molar-refractivity contribution in [1.82, 2.24) is 0 Å². The van der Waals surface area contributed by atoms with Gasteiger partial charge in [-0.15, -0.1) is 0 Å². The van der Waals surface area contributed by atoms with Crippen molar-refractivity contribution in [3.05, 3.63) is 12.2 Å². The molecule has 0 aliphatic heterocycles. The average Bonchev–Trinajstić information content (AvgIpc) is 1.78. The van der Waals surface area contributed by atoms with E-state index in [1.807, 2.05) is 6.08 Å². The second kappa shape index (κ2) is 1.04. The van der Waals surface area contributed by atoms with Gasteiger partial charge in [0.1, 0.15) is 6.29 Å². The summed E-state index contributed by atoms with van der Waals surface area (Å²) in [6, 6.07) is 0. The van der Waals surface area contributed by atoms with Gasteiger partial charge in [0.2, 0.25) is 0 Å². The number of allylic oxidation sites excluding steroid dienone is 2. The maximum Gasteiger partial charge on any atom is 0.130 e. The number of carbonyl (C=O) groups excluding carboxylic acids is 1. The summed E-state index contributed by atoms with van der Waals surface area (Å²) in [6.07, 6.45) is 7.60. The van der Waals surface area contributed by atoms with Crippen molar-refractivity contribution >= 4 is 6.29 Å². The first-order valence-electron chi connectivity index (χ1n) is 3.03. The van der Waals surface area contributed by atoms with Crippen LogP contribution < -0.4 is 0 Å². The predicted octanol–water partition coefficient (Wildman–Crippen LogP) is 1.15. The first kappa shape index (κ1) is 4.30. The van der Waals surface area contributed by atoms with E-state index < -0.39 is 0 Å². The van der Waals surface area contributed by atoms with Gasteiger partial charge in [0, 0.05) is 0 Å². The molecule has 42 valence electrons. The molecule has 0 heterocycles. The first-order valence-corrected chi connectivity index (χ1v) is 3.03. The van der Waals surface area contributed by atoms with Gasteiger partial charge < -0.3 is 4.79 Å². The molecule has 2 rings (SSSR count). The van der Waals surface area contributed by atoms with Gasteiger partial charge >= 0.3 is 0 Å². The second-order valence-corrected chi connectivity index (χ2v) is 2.73. The Morgan fingerprint density at radius 2 is 2.62 bits per heavy atom. The van der Waals surface area contributed by atoms with Crippen LogP contribution in [0, 0.1) is 11.3 Å². The lowest BCUT2D eigenvalue weighted by Gasteiger charge is -2.48. The van der Waals surface area contributed by atoms with E-state index in [1.165, 1.54) is 6.42 Å². The van der Waals surface area contributed by atoms with Crippen molar-refractivity contribution in [2.24, 2.45) is 11.3 Å². The van der Waals surface area contributed by atoms with Gasteiger partial charge in [-0.3, -0.25) is 0 Å². The number of aldehydes is 1. The standard InChI is InChI=1S/C7H8O/c8-5-7-3-1-6(7)2-4-7/h1,3,5-6H,2,4H2. The van der Waals surface area contributed by atoms with E-state index in [9.17, 15) is 4.79 Å². The number of hydrogen-bond donors (Lipinski definition) is 0. The Bertz CT molecular complexity index is 160. The molecule has 0 amide bonds. The first-order chi connectivity index (χ1) is 3.87. The van der Waals surface area contributed by atoms with E-state index in [2.05, 4.69) is 6.08 Å². The Morgan fingerprint density at radius 3 is 2.62 bits per heavy atom. The second-order valence-electron chi connectivity index (χ2n) is 2.73. The van der Waals surface area contributed by atoms with Gasteiger partial charge in [-0.25, -0.2) is 0 Å². The van der Waals surface area contributed by atoms with Crippen LogP contribution in [0.25, 0.3) is 0 Å². The Labute approximate surface area is 48.4 Å². The molecule has 2 aliphatic carbocycles. The van der Waals surface area contributed by atoms with E-state index in [1.54, 1.807) is 0 Å². The summed E-state index contributed by atoms with van der Waals surface area (Å²) in [5.74, 6) is 0.625. The summed E-state index contributed by atoms with van der Waals surface area (Å²) in [5, 5.41) is 0. The quantitative estimate of drug-likeness (QED) is 0.364. The lowest BCUT2D eigenvalue weighted by atomic mass is 9.54. The van der Waals surface area contributed by atoms with Crippen LogP contribution in [0.2, 0.25) is 0 Å². The summed E-state index contributed by atoms with van der Waals surface area (Å²) in [7, 11) is 0. The fourth-order valence-corrected chi connectivity index (χ4v) is 1.49. The van der Waals surface area contributed by atoms with Gasteiger partial charge in [-0.1, -0.05) is 12.2 Å². The van der Waals surface area contributed by atoms with E-state index >= 15 is 0 Å². The number of fused-ring (bicyclic) bond motifs is 1. The zero-order chi connectivity index (χ0) is 5.61. The highest BCUT2D eigenvalue weighted by atomic mass is 16.1. The van der Waals surface area contributed by atoms with Crippen LogP contribution in [0.1, 0.15) is 12.8 Å². The molecule has 0 saturated heterocycles. The van der Waals surface area contributed by atoms with Crippen LogP contribution in [0.4, 0.5) is 0 Å². The smallest absolute Gasteiger partial charge is 0.130 e. The molecule has 2 unspecified atom stereocenters. The van der Waals surface area contributed by atoms with Crippen molar-refractivity contribution < 1.29 is 4.79 Å². The molecular weight excluding hydrogens is 100 g/mol. The van der Waals surface area contributed by atoms with Gasteiger partial charge in [0.25, 0.3) is 0 Å². The van der Waals surface area contributed by atoms with E-state index in [0.717, 1.165) is 12.7 Å². The maximum absolute atomic E-state index is 10.3. The predicted molar refractivity (Wildman–Crippen MR) is 30.4 cm³/mol. The summed E-state index contributed by atoms with van der Waals surface area (Å²) in [4.78, 5) is 10.3. The van der Waals surface area contributed by atoms with Gasteiger partial charge in [-0.2, -0.15) is 0 Å². The highest BCUT2D eigenvalue weighted by molar-refractivity contribution is 5.69. The van der Waals surface area contributed by atoms with Crippen molar-refractivity contribution in [2.45, 2.75) is 12.8 Å². The van der Waals surface area contributed by atoms with E-state index in [0.29, 0.717) is 5.92 Å². The molecule has 8 heavy (non-hydrogen) atoms. The minimum absolute atomic E-state index is 0.0417. The Morgan fingerprint density at radius 1 is 1.75 bits per heavy atom. The summed E-state index contributed by atoms with van der Waals surface area (Å²) in [5.41, 5.74) is 0.0417. The Balaban J connectivity index is 2.29. The molecule has 1 heteroatoms. The molecule has 0 N–H and O–H groups in total. The fraction of sp³-hybridized carbons (Fsp3) is 0.571. The molecule has 1 nitrogen and oxygen atoms in total. The Hall–Kier alpha value is -0.590. The van der Waals surface area contributed by atoms with E-state index in [-0.39, 0.29) is 5.41 Å². The summed E-state index contributed by atoms with van der Waals surface area (Å²) >= 11 is 0. The summed E-state index contributed by atoms with van der Waals surface area (Å²) < 4.78 is 0. The van der Waals surface area contributed by atoms with Crippen LogP contribution in [0.3, 0.4) is 0 Å². The number of rotatable bonds is 1. The van der Waals surface area contributed by atoms with Crippen LogP contribution >= 0.6 is 0 Å². The normalized spacial score (nSPS) is 48.8. The molecule has 0 aromatic heterocycles. The molecule has 0 spiro atoms. The van der Waals surface area contributed by atoms with Crippen LogP contribution in [0.15, 0.2) is 12.2 Å². The number of carbonyl (C=O) groups is 1. The third-order valence-corrected chi connectivity index (χ3v) is 2.44. The monoisotopic (exact) mass is 108 g/mol. The zero-order valence-corrected chi connectivity index (χ0v) is 4.63. The van der Waals surface area contributed by atoms with Crippen LogP contribution in [0.5, 0.6) is 0 Å². The maximum atomic E-state index is 10.3. The van der Waals surface area contributed by atoms with Crippen molar-refractivity contribution in [3.63, 3.8) is 0 Å². The molecule has 1 fully saturated rings. The molecular formula is C7H8O. The van der Waals surface area contributed by atoms with Crippen molar-refractivity contribution in [1.29, 1.82) is 0 Å². The lowest BCUT2D eigenvalue weighted by Crippen LogP contribution is -2.44. The highest BCUT2D eigenvalue weighted by Crippen LogP contribution is 2.53. The molecule has 0 bridgehead atoms. The SMILES string of the molecule is O=CC12C=CC1CC2. The highest BCUT2D eigenvalue weighted by Gasteiger charge is 2.48. The van der Waals surface area contributed by atoms with Crippen LogP contribution in [-0.2, 0) is 4.79 Å². The minimum atomic E-state index is 0.0417. The average molecular weight is 108 g/mol. The Kier molecular flexibility index (Phi) is 0.561. The number of hydrogen-bond acceptors (Lipinski definition) is 1. The van der Waals surface area contributed by atoms with Gasteiger partial charge in [0.15, 0.2) is 0 Å². The van der Waals surface area contributed by atoms with Gasteiger partial charge in [0.05, 0.1) is 5.41 Å². The van der Waals surface area contributed by atoms with Gasteiger partial charge in [-0.05, 0) is 18.8 Å². The molecule has 0 aromatic carbocycles. The molecule has 0 aromatic rings. The fourth-order valence-electron chi connectivity index (χ4n) is 1.49. The summed E-state index contributed by atoms with van der Waals surface area (Å²) in [6.45, 7) is 0. The lowest BCUT2D eigenvalue weighted by molar-refractivity contribution is -0.121. The molecule has 2 aliphatic rings. The molecule has 1 saturated carbocycles. The third-order valence-electron chi connectivity index (χ3n) is 2.44. The van der Waals surface area contributed by atoms with Crippen molar-refractivity contribution in [3.8, 4) is 0 Å². The largest absolute Gasteiger partial charge is 0.302 e. The topological polar surface area (TPSA) is 17.1 Å². The van der Waals surface area contributed by atoms with E-state index in [4.69, 9.17) is 0 Å².